The molecule has 2 atom stereocenters. The first-order valence-corrected chi connectivity index (χ1v) is 12.9. The van der Waals surface area contributed by atoms with E-state index in [1.54, 1.807) is 0 Å². The quantitative estimate of drug-likeness (QED) is 0.197. The number of ether oxygens (including phenoxy) is 10. The third-order valence-corrected chi connectivity index (χ3v) is 5.20. The monoisotopic (exact) mass is 494 g/mol. The fourth-order valence-electron chi connectivity index (χ4n) is 3.36. The van der Waals surface area contributed by atoms with E-state index < -0.39 is 0 Å². The van der Waals surface area contributed by atoms with Crippen molar-refractivity contribution < 1.29 is 47.4 Å². The second-order valence-electron chi connectivity index (χ2n) is 8.01. The summed E-state index contributed by atoms with van der Waals surface area (Å²) in [5.41, 5.74) is 0. The van der Waals surface area contributed by atoms with E-state index in [9.17, 15) is 0 Å². The fraction of sp³-hybridized carbons (Fsp3) is 1.00. The maximum absolute atomic E-state index is 5.60. The third kappa shape index (κ3) is 18.0. The topological polar surface area (TPSA) is 92.3 Å². The molecule has 10 heteroatoms. The zero-order valence-corrected chi connectivity index (χ0v) is 20.8. The molecule has 202 valence electrons. The Morgan fingerprint density at radius 3 is 0.941 bits per heavy atom. The molecule has 0 aliphatic carbocycles. The summed E-state index contributed by atoms with van der Waals surface area (Å²) in [5.74, 6) is 0. The van der Waals surface area contributed by atoms with E-state index in [0.717, 1.165) is 38.9 Å². The van der Waals surface area contributed by atoms with Gasteiger partial charge in [0, 0.05) is 13.2 Å². The summed E-state index contributed by atoms with van der Waals surface area (Å²) in [5, 5.41) is 0. The van der Waals surface area contributed by atoms with Gasteiger partial charge in [0.2, 0.25) is 0 Å². The van der Waals surface area contributed by atoms with Crippen molar-refractivity contribution in [3.63, 3.8) is 0 Å². The van der Waals surface area contributed by atoms with Gasteiger partial charge in [-0.3, -0.25) is 0 Å². The Morgan fingerprint density at radius 2 is 0.676 bits per heavy atom. The van der Waals surface area contributed by atoms with Crippen molar-refractivity contribution in [2.75, 3.05) is 106 Å². The van der Waals surface area contributed by atoms with Crippen LogP contribution in [0.15, 0.2) is 0 Å². The van der Waals surface area contributed by atoms with E-state index in [4.69, 9.17) is 47.4 Å². The zero-order valence-electron chi connectivity index (χ0n) is 20.8. The maximum atomic E-state index is 5.60. The Bertz CT molecular complexity index is 379. The van der Waals surface area contributed by atoms with Crippen LogP contribution in [0, 0.1) is 0 Å². The van der Waals surface area contributed by atoms with Gasteiger partial charge in [-0.15, -0.1) is 0 Å². The standard InChI is InChI=1S/C24H46O10/c1-3-7-31-23(5-1)33-21-19-29-17-15-27-13-11-25-9-10-26-12-14-28-16-18-30-20-22-34-24-6-2-4-8-32-24/h23-24H,1-22H2. The van der Waals surface area contributed by atoms with Crippen LogP contribution in [0.25, 0.3) is 0 Å². The van der Waals surface area contributed by atoms with Crippen LogP contribution in [0.4, 0.5) is 0 Å². The largest absolute Gasteiger partial charge is 0.377 e. The Kier molecular flexibility index (Phi) is 20.2. The SMILES string of the molecule is C1CCC(OCCOCCOCCOCCOCCOCCOCCOC2CCCCO2)OC1. The lowest BCUT2D eigenvalue weighted by Gasteiger charge is -2.22. The summed E-state index contributed by atoms with van der Waals surface area (Å²) in [4.78, 5) is 0. The van der Waals surface area contributed by atoms with Crippen LogP contribution in [0.3, 0.4) is 0 Å². The Morgan fingerprint density at radius 1 is 0.382 bits per heavy atom. The summed E-state index contributed by atoms with van der Waals surface area (Å²) < 4.78 is 55.0. The van der Waals surface area contributed by atoms with Crippen molar-refractivity contribution >= 4 is 0 Å². The van der Waals surface area contributed by atoms with Crippen molar-refractivity contribution in [3.8, 4) is 0 Å². The van der Waals surface area contributed by atoms with Crippen molar-refractivity contribution in [2.45, 2.75) is 51.1 Å². The number of hydrogen-bond acceptors (Lipinski definition) is 10. The first-order valence-electron chi connectivity index (χ1n) is 12.9. The van der Waals surface area contributed by atoms with Gasteiger partial charge < -0.3 is 47.4 Å². The van der Waals surface area contributed by atoms with E-state index >= 15 is 0 Å². The minimum absolute atomic E-state index is 0.0560. The summed E-state index contributed by atoms with van der Waals surface area (Å²) in [6.45, 7) is 9.22. The lowest BCUT2D eigenvalue weighted by atomic mass is 10.2. The van der Waals surface area contributed by atoms with Crippen molar-refractivity contribution in [1.82, 2.24) is 0 Å². The van der Waals surface area contributed by atoms with Crippen LogP contribution in [0.5, 0.6) is 0 Å². The molecule has 2 saturated heterocycles. The van der Waals surface area contributed by atoms with Crippen molar-refractivity contribution in [1.29, 1.82) is 0 Å². The van der Waals surface area contributed by atoms with Gasteiger partial charge in [0.1, 0.15) is 0 Å². The van der Waals surface area contributed by atoms with Crippen LogP contribution in [0.2, 0.25) is 0 Å². The van der Waals surface area contributed by atoms with E-state index in [1.165, 1.54) is 12.8 Å². The fourth-order valence-corrected chi connectivity index (χ4v) is 3.36. The Balaban J connectivity index is 1.16. The van der Waals surface area contributed by atoms with Crippen LogP contribution in [-0.2, 0) is 47.4 Å². The summed E-state index contributed by atoms with van der Waals surface area (Å²) in [6, 6.07) is 0. The second kappa shape index (κ2) is 23.0. The molecular formula is C24H46O10. The molecule has 0 aromatic rings. The molecule has 2 aliphatic heterocycles. The average molecular weight is 495 g/mol. The summed E-state index contributed by atoms with van der Waals surface area (Å²) in [7, 11) is 0. The molecule has 0 saturated carbocycles. The average Bonchev–Trinajstić information content (AvgIpc) is 2.88. The first kappa shape index (κ1) is 29.8. The summed E-state index contributed by atoms with van der Waals surface area (Å²) in [6.07, 6.45) is 6.45. The van der Waals surface area contributed by atoms with E-state index in [2.05, 4.69) is 0 Å². The number of rotatable bonds is 23. The maximum Gasteiger partial charge on any atom is 0.157 e. The molecule has 0 N–H and O–H groups in total. The van der Waals surface area contributed by atoms with E-state index in [-0.39, 0.29) is 12.6 Å². The van der Waals surface area contributed by atoms with Gasteiger partial charge >= 0.3 is 0 Å². The molecule has 0 aromatic heterocycles. The molecule has 2 unspecified atom stereocenters. The molecular weight excluding hydrogens is 448 g/mol. The van der Waals surface area contributed by atoms with Gasteiger partial charge in [0.05, 0.1) is 92.5 Å². The third-order valence-electron chi connectivity index (χ3n) is 5.20. The zero-order chi connectivity index (χ0) is 23.8. The predicted octanol–water partition coefficient (Wildman–Crippen LogP) is 2.17. The highest BCUT2D eigenvalue weighted by atomic mass is 16.7. The molecule has 10 nitrogen and oxygen atoms in total. The normalized spacial score (nSPS) is 21.2. The minimum Gasteiger partial charge on any atom is -0.377 e. The summed E-state index contributed by atoms with van der Waals surface area (Å²) >= 11 is 0. The van der Waals surface area contributed by atoms with Gasteiger partial charge in [-0.1, -0.05) is 0 Å². The first-order chi connectivity index (χ1) is 16.9. The molecule has 2 heterocycles. The van der Waals surface area contributed by atoms with Crippen LogP contribution in [-0.4, -0.2) is 118 Å². The van der Waals surface area contributed by atoms with Gasteiger partial charge in [0.25, 0.3) is 0 Å². The second-order valence-corrected chi connectivity index (χ2v) is 8.01. The minimum atomic E-state index is -0.0560. The Hall–Kier alpha value is -0.400. The van der Waals surface area contributed by atoms with Crippen LogP contribution >= 0.6 is 0 Å². The highest BCUT2D eigenvalue weighted by Gasteiger charge is 2.14. The van der Waals surface area contributed by atoms with Gasteiger partial charge in [0.15, 0.2) is 12.6 Å². The molecule has 2 rings (SSSR count). The lowest BCUT2D eigenvalue weighted by molar-refractivity contribution is -0.169. The smallest absolute Gasteiger partial charge is 0.157 e. The highest BCUT2D eigenvalue weighted by Crippen LogP contribution is 2.14. The van der Waals surface area contributed by atoms with Crippen LogP contribution in [0.1, 0.15) is 38.5 Å². The molecule has 0 bridgehead atoms. The molecule has 0 amide bonds. The lowest BCUT2D eigenvalue weighted by Crippen LogP contribution is -2.24. The van der Waals surface area contributed by atoms with Crippen molar-refractivity contribution in [2.24, 2.45) is 0 Å². The van der Waals surface area contributed by atoms with Gasteiger partial charge in [-0.25, -0.2) is 0 Å². The Labute approximate surface area is 204 Å². The van der Waals surface area contributed by atoms with Gasteiger partial charge in [-0.2, -0.15) is 0 Å². The molecule has 2 fully saturated rings. The molecule has 0 radical (unpaired) electrons. The van der Waals surface area contributed by atoms with Gasteiger partial charge in [-0.05, 0) is 38.5 Å². The molecule has 2 aliphatic rings. The van der Waals surface area contributed by atoms with Crippen LogP contribution < -0.4 is 0 Å². The molecule has 0 aromatic carbocycles. The van der Waals surface area contributed by atoms with E-state index in [0.29, 0.717) is 92.5 Å². The number of hydrogen-bond donors (Lipinski definition) is 0. The predicted molar refractivity (Wildman–Crippen MR) is 124 cm³/mol. The van der Waals surface area contributed by atoms with E-state index in [1.807, 2.05) is 0 Å². The van der Waals surface area contributed by atoms with Crippen molar-refractivity contribution in [3.05, 3.63) is 0 Å². The molecule has 0 spiro atoms. The molecule has 34 heavy (non-hydrogen) atoms. The highest BCUT2D eigenvalue weighted by molar-refractivity contribution is 4.54.